The normalized spacial score (nSPS) is 15.7. The number of hydrogen-bond donors (Lipinski definition) is 3. The molecule has 4 amide bonds. The van der Waals surface area contributed by atoms with Gasteiger partial charge in [-0.1, -0.05) is 0 Å². The molecular weight excluding hydrogens is 300 g/mol. The SMILES string of the molecule is CC(=O)ON1C(=O)CCC1=O.O=C1C=CC(=O)N1.OCCO. The van der Waals surface area contributed by atoms with Crippen molar-refractivity contribution in [2.75, 3.05) is 13.2 Å². The van der Waals surface area contributed by atoms with Gasteiger partial charge in [0.1, 0.15) is 0 Å². The molecule has 10 nitrogen and oxygen atoms in total. The smallest absolute Gasteiger partial charge is 0.330 e. The number of nitrogens with zero attached hydrogens (tertiary/aromatic N) is 1. The number of imide groups is 2. The number of hydroxylamine groups is 2. The van der Waals surface area contributed by atoms with E-state index >= 15 is 0 Å². The van der Waals surface area contributed by atoms with Gasteiger partial charge in [0.15, 0.2) is 0 Å². The highest BCUT2D eigenvalue weighted by atomic mass is 16.7. The maximum Gasteiger partial charge on any atom is 0.330 e. The van der Waals surface area contributed by atoms with Gasteiger partial charge in [0.2, 0.25) is 0 Å². The van der Waals surface area contributed by atoms with Crippen LogP contribution < -0.4 is 5.32 Å². The zero-order chi connectivity index (χ0) is 17.1. The van der Waals surface area contributed by atoms with E-state index in [1.807, 2.05) is 5.32 Å². The lowest BCUT2D eigenvalue weighted by atomic mass is 10.4. The Labute approximate surface area is 125 Å². The molecule has 2 rings (SSSR count). The van der Waals surface area contributed by atoms with E-state index in [0.29, 0.717) is 5.06 Å². The van der Waals surface area contributed by atoms with Gasteiger partial charge in [-0.05, 0) is 0 Å². The highest BCUT2D eigenvalue weighted by Crippen LogP contribution is 2.11. The highest BCUT2D eigenvalue weighted by molar-refractivity contribution is 6.12. The first-order chi connectivity index (χ1) is 10.3. The Kier molecular flexibility index (Phi) is 8.98. The Hall–Kier alpha value is -2.59. The Balaban J connectivity index is 0.000000343. The third-order valence-electron chi connectivity index (χ3n) is 1.96. The minimum atomic E-state index is -0.659. The van der Waals surface area contributed by atoms with Crippen LogP contribution in [0.2, 0.25) is 0 Å². The maximum atomic E-state index is 10.7. The average Bonchev–Trinajstić information content (AvgIpc) is 2.99. The van der Waals surface area contributed by atoms with E-state index in [-0.39, 0.29) is 37.9 Å². The summed E-state index contributed by atoms with van der Waals surface area (Å²) >= 11 is 0. The predicted molar refractivity (Wildman–Crippen MR) is 69.3 cm³/mol. The molecule has 0 atom stereocenters. The quantitative estimate of drug-likeness (QED) is 0.485. The van der Waals surface area contributed by atoms with Crippen LogP contribution in [0.15, 0.2) is 12.2 Å². The molecule has 122 valence electrons. The van der Waals surface area contributed by atoms with E-state index in [1.54, 1.807) is 0 Å². The van der Waals surface area contributed by atoms with E-state index in [4.69, 9.17) is 10.2 Å². The molecule has 0 saturated carbocycles. The lowest BCUT2D eigenvalue weighted by Crippen LogP contribution is -2.30. The average molecular weight is 316 g/mol. The summed E-state index contributed by atoms with van der Waals surface area (Å²) in [4.78, 5) is 56.2. The van der Waals surface area contributed by atoms with E-state index in [2.05, 4.69) is 4.84 Å². The van der Waals surface area contributed by atoms with Crippen LogP contribution >= 0.6 is 0 Å². The van der Waals surface area contributed by atoms with E-state index in [9.17, 15) is 24.0 Å². The monoisotopic (exact) mass is 316 g/mol. The van der Waals surface area contributed by atoms with Crippen LogP contribution in [0.5, 0.6) is 0 Å². The van der Waals surface area contributed by atoms with Crippen molar-refractivity contribution in [3.63, 3.8) is 0 Å². The molecule has 0 radical (unpaired) electrons. The molecular formula is C12H16N2O8. The van der Waals surface area contributed by atoms with E-state index in [0.717, 1.165) is 6.92 Å². The summed E-state index contributed by atoms with van der Waals surface area (Å²) in [5, 5.41) is 17.8. The number of hydrogen-bond acceptors (Lipinski definition) is 8. The number of amides is 4. The molecule has 0 spiro atoms. The minimum Gasteiger partial charge on any atom is -0.394 e. The molecule has 1 fully saturated rings. The van der Waals surface area contributed by atoms with Gasteiger partial charge in [-0.25, -0.2) is 4.79 Å². The second-order valence-corrected chi connectivity index (χ2v) is 3.80. The predicted octanol–water partition coefficient (Wildman–Crippen LogP) is -2.22. The Morgan fingerprint density at radius 1 is 1.09 bits per heavy atom. The third-order valence-corrected chi connectivity index (χ3v) is 1.96. The summed E-state index contributed by atoms with van der Waals surface area (Å²) < 4.78 is 0. The standard InChI is InChI=1S/C6H7NO4.C4H3NO2.C2H6O2/c1-4(8)11-7-5(9)2-3-6(7)10;6-3-1-2-4(7)5-3;3-1-2-4/h2-3H2,1H3;1-2H,(H,5,6,7);3-4H,1-2H2. The Bertz CT molecular complexity index is 452. The third kappa shape index (κ3) is 7.87. The molecule has 0 aliphatic carbocycles. The molecule has 0 aromatic rings. The number of rotatable bonds is 2. The summed E-state index contributed by atoms with van der Waals surface area (Å²) in [6.45, 7) is 0.888. The van der Waals surface area contributed by atoms with Crippen LogP contribution in [-0.2, 0) is 28.8 Å². The molecule has 3 N–H and O–H groups in total. The summed E-state index contributed by atoms with van der Waals surface area (Å²) in [6, 6.07) is 0. The minimum absolute atomic E-state index is 0.125. The molecule has 1 saturated heterocycles. The van der Waals surface area contributed by atoms with Gasteiger partial charge >= 0.3 is 5.97 Å². The fraction of sp³-hybridized carbons (Fsp3) is 0.417. The largest absolute Gasteiger partial charge is 0.394 e. The molecule has 2 aliphatic heterocycles. The summed E-state index contributed by atoms with van der Waals surface area (Å²) in [5.41, 5.74) is 0. The Morgan fingerprint density at radius 2 is 1.50 bits per heavy atom. The lowest BCUT2D eigenvalue weighted by Gasteiger charge is -2.09. The van der Waals surface area contributed by atoms with Gasteiger partial charge in [0.25, 0.3) is 23.6 Å². The molecule has 22 heavy (non-hydrogen) atoms. The van der Waals surface area contributed by atoms with E-state index in [1.165, 1.54) is 12.2 Å². The summed E-state index contributed by atoms with van der Waals surface area (Å²) in [6.07, 6.45) is 2.66. The van der Waals surface area contributed by atoms with Gasteiger partial charge in [0.05, 0.1) is 13.2 Å². The van der Waals surface area contributed by atoms with Crippen molar-refractivity contribution < 1.29 is 39.0 Å². The van der Waals surface area contributed by atoms with E-state index < -0.39 is 17.8 Å². The van der Waals surface area contributed by atoms with Crippen LogP contribution in [0, 0.1) is 0 Å². The van der Waals surface area contributed by atoms with Crippen molar-refractivity contribution in [3.8, 4) is 0 Å². The second kappa shape index (κ2) is 10.2. The number of carbonyl (C=O) groups is 5. The van der Waals surface area contributed by atoms with Gasteiger partial charge in [-0.15, -0.1) is 5.06 Å². The van der Waals surface area contributed by atoms with Gasteiger partial charge in [0, 0.05) is 31.9 Å². The van der Waals surface area contributed by atoms with Crippen LogP contribution in [0.25, 0.3) is 0 Å². The van der Waals surface area contributed by atoms with Crippen molar-refractivity contribution in [1.82, 2.24) is 10.4 Å². The zero-order valence-electron chi connectivity index (χ0n) is 11.8. The second-order valence-electron chi connectivity index (χ2n) is 3.80. The van der Waals surface area contributed by atoms with Crippen LogP contribution in [0.3, 0.4) is 0 Å². The molecule has 0 bridgehead atoms. The van der Waals surface area contributed by atoms with Gasteiger partial charge < -0.3 is 15.1 Å². The lowest BCUT2D eigenvalue weighted by molar-refractivity contribution is -0.195. The number of aliphatic hydroxyl groups is 2. The zero-order valence-corrected chi connectivity index (χ0v) is 11.8. The molecule has 0 unspecified atom stereocenters. The van der Waals surface area contributed by atoms with Crippen molar-refractivity contribution in [1.29, 1.82) is 0 Å². The number of nitrogens with one attached hydrogen (secondary N) is 1. The molecule has 0 aromatic carbocycles. The van der Waals surface area contributed by atoms with Crippen LogP contribution in [0.1, 0.15) is 19.8 Å². The molecule has 2 heterocycles. The topological polar surface area (TPSA) is 150 Å². The maximum absolute atomic E-state index is 10.7. The van der Waals surface area contributed by atoms with Crippen molar-refractivity contribution >= 4 is 29.6 Å². The number of aliphatic hydroxyl groups excluding tert-OH is 2. The van der Waals surface area contributed by atoms with Crippen LogP contribution in [-0.4, -0.2) is 58.1 Å². The summed E-state index contributed by atoms with van der Waals surface area (Å²) in [5.74, 6) is -2.22. The van der Waals surface area contributed by atoms with Gasteiger partial charge in [-0.2, -0.15) is 0 Å². The Morgan fingerprint density at radius 3 is 1.73 bits per heavy atom. The van der Waals surface area contributed by atoms with Crippen molar-refractivity contribution in [2.45, 2.75) is 19.8 Å². The first-order valence-corrected chi connectivity index (χ1v) is 6.10. The first-order valence-electron chi connectivity index (χ1n) is 6.10. The summed E-state index contributed by atoms with van der Waals surface area (Å²) in [7, 11) is 0. The van der Waals surface area contributed by atoms with Crippen molar-refractivity contribution in [2.24, 2.45) is 0 Å². The number of carbonyl (C=O) groups excluding carboxylic acids is 5. The first kappa shape index (κ1) is 19.4. The fourth-order valence-electron chi connectivity index (χ4n) is 1.14. The molecule has 0 aromatic heterocycles. The molecule has 2 aliphatic rings. The van der Waals surface area contributed by atoms with Crippen molar-refractivity contribution in [3.05, 3.63) is 12.2 Å². The fourth-order valence-corrected chi connectivity index (χ4v) is 1.14. The highest BCUT2D eigenvalue weighted by Gasteiger charge is 2.31. The van der Waals surface area contributed by atoms with Crippen LogP contribution in [0.4, 0.5) is 0 Å². The molecule has 10 heteroatoms. The van der Waals surface area contributed by atoms with Gasteiger partial charge in [-0.3, -0.25) is 24.5 Å².